The molecule has 3 aromatic carbocycles. The number of hydrogen-bond acceptors (Lipinski definition) is 8. The van der Waals surface area contributed by atoms with Crippen LogP contribution in [0.15, 0.2) is 92.8 Å². The van der Waals surface area contributed by atoms with Gasteiger partial charge in [0.2, 0.25) is 0 Å². The highest BCUT2D eigenvalue weighted by Gasteiger charge is 2.36. The maximum Gasteiger partial charge on any atom is 0.338 e. The lowest BCUT2D eigenvalue weighted by Gasteiger charge is -2.27. The van der Waals surface area contributed by atoms with E-state index in [0.717, 1.165) is 27.6 Å². The van der Waals surface area contributed by atoms with Gasteiger partial charge in [-0.05, 0) is 74.7 Å². The van der Waals surface area contributed by atoms with Gasteiger partial charge in [0.05, 0.1) is 36.1 Å². The Kier molecular flexibility index (Phi) is 12.2. The summed E-state index contributed by atoms with van der Waals surface area (Å²) in [6.45, 7) is 10.5. The molecule has 0 unspecified atom stereocenters. The number of carbonyl (C=O) groups is 1. The molecule has 0 aliphatic carbocycles. The largest absolute Gasteiger partial charge is 0.496 e. The number of hydrogen-bond donors (Lipinski definition) is 0. The Balaban J connectivity index is 1.70. The predicted octanol–water partition coefficient (Wildman–Crippen LogP) is 7.71. The third-order valence-corrected chi connectivity index (χ3v) is 9.67. The lowest BCUT2D eigenvalue weighted by molar-refractivity contribution is -0.139. The summed E-state index contributed by atoms with van der Waals surface area (Å²) in [5.41, 5.74) is 3.70. The molecule has 0 amide bonds. The van der Waals surface area contributed by atoms with E-state index >= 15 is 0 Å². The Morgan fingerprint density at radius 2 is 1.86 bits per heavy atom. The highest BCUT2D eigenvalue weighted by molar-refractivity contribution is 9.10. The molecule has 11 heteroatoms. The van der Waals surface area contributed by atoms with Crippen molar-refractivity contribution < 1.29 is 23.7 Å². The maximum absolute atomic E-state index is 14.4. The summed E-state index contributed by atoms with van der Waals surface area (Å²) in [5.74, 6) is 1.15. The van der Waals surface area contributed by atoms with Gasteiger partial charge in [-0.25, -0.2) is 9.79 Å². The molecule has 1 atom stereocenters. The fraction of sp³-hybridized carbons (Fsp3) is 0.289. The minimum absolute atomic E-state index is 0.182. The predicted molar refractivity (Wildman–Crippen MR) is 198 cm³/mol. The number of thiazole rings is 1. The molecule has 2 heterocycles. The normalized spacial score (nSPS) is 14.2. The first-order chi connectivity index (χ1) is 23.7. The van der Waals surface area contributed by atoms with Crippen LogP contribution in [0.5, 0.6) is 17.2 Å². The minimum atomic E-state index is -0.817. The molecule has 49 heavy (non-hydrogen) atoms. The number of nitrogens with zero attached hydrogens (tertiary/aromatic N) is 2. The van der Waals surface area contributed by atoms with Gasteiger partial charge in [0.15, 0.2) is 16.3 Å². The van der Waals surface area contributed by atoms with Crippen molar-refractivity contribution in [3.05, 3.63) is 130 Å². The van der Waals surface area contributed by atoms with Gasteiger partial charge in [-0.15, -0.1) is 6.58 Å². The van der Waals surface area contributed by atoms with E-state index in [1.807, 2.05) is 74.5 Å². The molecule has 4 aromatic rings. The van der Waals surface area contributed by atoms with Crippen LogP contribution in [-0.4, -0.2) is 30.9 Å². The highest BCUT2D eigenvalue weighted by atomic mass is 79.9. The van der Waals surface area contributed by atoms with Gasteiger partial charge < -0.3 is 18.9 Å². The van der Waals surface area contributed by atoms with Crippen LogP contribution in [0.25, 0.3) is 6.08 Å². The Hall–Kier alpha value is -4.12. The van der Waals surface area contributed by atoms with Crippen LogP contribution in [0.2, 0.25) is 5.02 Å². The summed E-state index contributed by atoms with van der Waals surface area (Å²) >= 11 is 11.2. The number of carbonyl (C=O) groups excluding carboxylic acids is 1. The molecule has 0 radical (unpaired) electrons. The zero-order valence-corrected chi connectivity index (χ0v) is 31.0. The summed E-state index contributed by atoms with van der Waals surface area (Å²) in [4.78, 5) is 33.4. The summed E-state index contributed by atoms with van der Waals surface area (Å²) in [7, 11) is 1.57. The van der Waals surface area contributed by atoms with Gasteiger partial charge in [-0.2, -0.15) is 0 Å². The van der Waals surface area contributed by atoms with Gasteiger partial charge in [-0.3, -0.25) is 9.36 Å². The van der Waals surface area contributed by atoms with Crippen LogP contribution in [0.3, 0.4) is 0 Å². The van der Waals surface area contributed by atoms with Crippen molar-refractivity contribution in [3.63, 3.8) is 0 Å². The number of rotatable bonds is 14. The summed E-state index contributed by atoms with van der Waals surface area (Å²) in [6, 6.07) is 16.1. The smallest absolute Gasteiger partial charge is 0.338 e. The number of allylic oxidation sites excluding steroid dienone is 2. The first-order valence-electron chi connectivity index (χ1n) is 16.1. The van der Waals surface area contributed by atoms with Crippen molar-refractivity contribution in [2.24, 2.45) is 4.99 Å². The van der Waals surface area contributed by atoms with Gasteiger partial charge >= 0.3 is 5.97 Å². The number of esters is 1. The Morgan fingerprint density at radius 3 is 2.55 bits per heavy atom. The third-order valence-electron chi connectivity index (χ3n) is 7.82. The second-order valence-electron chi connectivity index (χ2n) is 11.1. The molecule has 1 aliphatic heterocycles. The first-order valence-corrected chi connectivity index (χ1v) is 18.0. The van der Waals surface area contributed by atoms with Crippen LogP contribution in [0, 0.1) is 0 Å². The highest BCUT2D eigenvalue weighted by Crippen LogP contribution is 2.39. The van der Waals surface area contributed by atoms with Crippen LogP contribution in [0.4, 0.5) is 0 Å². The molecule has 0 saturated carbocycles. The van der Waals surface area contributed by atoms with Crippen molar-refractivity contribution >= 4 is 50.9 Å². The molecule has 0 spiro atoms. The molecular formula is C38H38BrClN2O6S. The molecule has 256 valence electrons. The number of methoxy groups -OCH3 is 1. The molecule has 5 rings (SSSR count). The average molecular weight is 766 g/mol. The van der Waals surface area contributed by atoms with E-state index in [-0.39, 0.29) is 18.8 Å². The van der Waals surface area contributed by atoms with E-state index in [0.29, 0.717) is 67.9 Å². The summed E-state index contributed by atoms with van der Waals surface area (Å²) in [5, 5.41) is 0.615. The monoisotopic (exact) mass is 764 g/mol. The van der Waals surface area contributed by atoms with Gasteiger partial charge in [0.1, 0.15) is 18.4 Å². The third kappa shape index (κ3) is 7.87. The Labute approximate surface area is 303 Å². The lowest BCUT2D eigenvalue weighted by Crippen LogP contribution is -2.40. The molecule has 0 N–H and O–H groups in total. The van der Waals surface area contributed by atoms with Gasteiger partial charge in [0, 0.05) is 26.2 Å². The van der Waals surface area contributed by atoms with Crippen LogP contribution < -0.4 is 29.1 Å². The van der Waals surface area contributed by atoms with Crippen molar-refractivity contribution in [3.8, 4) is 17.2 Å². The van der Waals surface area contributed by atoms with E-state index in [4.69, 9.17) is 35.5 Å². The summed E-state index contributed by atoms with van der Waals surface area (Å²) < 4.78 is 26.4. The molecular weight excluding hydrogens is 728 g/mol. The zero-order valence-electron chi connectivity index (χ0n) is 27.9. The number of ether oxygens (including phenoxy) is 4. The Bertz CT molecular complexity index is 2090. The van der Waals surface area contributed by atoms with Crippen molar-refractivity contribution in [2.75, 3.05) is 20.3 Å². The minimum Gasteiger partial charge on any atom is -0.496 e. The number of benzene rings is 3. The second-order valence-corrected chi connectivity index (χ2v) is 13.4. The first kappa shape index (κ1) is 36.2. The van der Waals surface area contributed by atoms with E-state index in [2.05, 4.69) is 22.5 Å². The fourth-order valence-electron chi connectivity index (χ4n) is 5.75. The molecule has 1 aliphatic rings. The van der Waals surface area contributed by atoms with Crippen LogP contribution in [-0.2, 0) is 22.6 Å². The lowest BCUT2D eigenvalue weighted by atomic mass is 9.93. The number of aromatic nitrogens is 1. The molecule has 8 nitrogen and oxygen atoms in total. The Morgan fingerprint density at radius 1 is 1.06 bits per heavy atom. The molecule has 1 aromatic heterocycles. The second kappa shape index (κ2) is 16.5. The number of fused-ring (bicyclic) bond motifs is 1. The molecule has 0 fully saturated rings. The van der Waals surface area contributed by atoms with Crippen molar-refractivity contribution in [2.45, 2.75) is 52.7 Å². The SMILES string of the molecule is C=CCc1cc(/C=c2\sc3n(c2=O)[C@@H](c2cc(Br)ccc2OC)C(C(=O)OCC)=C(CCC)N=3)cc(OCC)c1OCc1ccccc1Cl. The fourth-order valence-corrected chi connectivity index (χ4v) is 7.34. The summed E-state index contributed by atoms with van der Waals surface area (Å²) in [6.07, 6.45) is 5.40. The van der Waals surface area contributed by atoms with E-state index < -0.39 is 12.0 Å². The van der Waals surface area contributed by atoms with Gasteiger partial charge in [0.25, 0.3) is 5.56 Å². The topological polar surface area (TPSA) is 88.4 Å². The van der Waals surface area contributed by atoms with Crippen molar-refractivity contribution in [1.82, 2.24) is 4.57 Å². The van der Waals surface area contributed by atoms with E-state index in [9.17, 15) is 9.59 Å². The molecule has 0 saturated heterocycles. The van der Waals surface area contributed by atoms with E-state index in [1.165, 1.54) is 11.3 Å². The van der Waals surface area contributed by atoms with Crippen molar-refractivity contribution in [1.29, 1.82) is 0 Å². The maximum atomic E-state index is 14.4. The van der Waals surface area contributed by atoms with Crippen LogP contribution in [0.1, 0.15) is 61.9 Å². The zero-order chi connectivity index (χ0) is 35.1. The van der Waals surface area contributed by atoms with E-state index in [1.54, 1.807) is 24.7 Å². The van der Waals surface area contributed by atoms with Crippen LogP contribution >= 0.6 is 38.9 Å². The quantitative estimate of drug-likeness (QED) is 0.0966. The number of halogens is 2. The average Bonchev–Trinajstić information content (AvgIpc) is 3.38. The standard InChI is InChI=1S/C38H38BrClN2O6S/c1-6-12-24-18-23(19-31(46-8-3)35(24)48-22-25-14-10-11-15-28(25)40)20-32-36(43)42-34(27-21-26(39)16-17-30(27)45-5)33(37(44)47-9-4)29(13-7-2)41-38(42)49-32/h6,10-11,14-21,34H,1,7-9,12-13,22H2,2-5H3/b32-20-/t34-/m0/s1. The van der Waals surface area contributed by atoms with Gasteiger partial charge in [-0.1, -0.05) is 76.5 Å². The molecule has 0 bridgehead atoms.